The number of esters is 1. The molecule has 2 fully saturated rings. The maximum absolute atomic E-state index is 11.6. The lowest BCUT2D eigenvalue weighted by Gasteiger charge is -2.36. The summed E-state index contributed by atoms with van der Waals surface area (Å²) < 4.78 is 5.03. The van der Waals surface area contributed by atoms with Crippen LogP contribution in [0.2, 0.25) is 0 Å². The fourth-order valence-corrected chi connectivity index (χ4v) is 2.98. The number of rotatable bonds is 4. The Morgan fingerprint density at radius 1 is 1.61 bits per heavy atom. The molecule has 2 rings (SSSR count). The molecule has 0 radical (unpaired) electrons. The van der Waals surface area contributed by atoms with Gasteiger partial charge in [-0.05, 0) is 26.3 Å². The van der Waals surface area contributed by atoms with E-state index in [0.717, 1.165) is 25.9 Å². The smallest absolute Gasteiger partial charge is 0.309 e. The number of hydrogen-bond donors (Lipinski definition) is 1. The van der Waals surface area contributed by atoms with E-state index >= 15 is 0 Å². The van der Waals surface area contributed by atoms with Crippen LogP contribution in [-0.2, 0) is 14.3 Å². The predicted molar refractivity (Wildman–Crippen MR) is 66.9 cm³/mol. The van der Waals surface area contributed by atoms with Gasteiger partial charge in [-0.2, -0.15) is 0 Å². The Bertz CT molecular complexity index is 332. The summed E-state index contributed by atoms with van der Waals surface area (Å²) in [5.41, 5.74) is 0. The SMILES string of the molecule is CCOC(=O)C(C)CN1CCCC2C(=O)NCC21. The van der Waals surface area contributed by atoms with Gasteiger partial charge < -0.3 is 10.1 Å². The van der Waals surface area contributed by atoms with Gasteiger partial charge in [-0.15, -0.1) is 0 Å². The zero-order valence-electron chi connectivity index (χ0n) is 11.1. The van der Waals surface area contributed by atoms with E-state index in [2.05, 4.69) is 10.2 Å². The van der Waals surface area contributed by atoms with Crippen molar-refractivity contribution in [1.29, 1.82) is 0 Å². The Kier molecular flexibility index (Phi) is 4.22. The van der Waals surface area contributed by atoms with Crippen molar-refractivity contribution in [1.82, 2.24) is 10.2 Å². The number of likely N-dealkylation sites (tertiary alicyclic amines) is 1. The van der Waals surface area contributed by atoms with Gasteiger partial charge in [-0.3, -0.25) is 14.5 Å². The summed E-state index contributed by atoms with van der Waals surface area (Å²) in [5.74, 6) is 0.0259. The first-order valence-electron chi connectivity index (χ1n) is 6.82. The molecule has 3 atom stereocenters. The third-order valence-corrected chi connectivity index (χ3v) is 3.91. The number of ether oxygens (including phenoxy) is 1. The summed E-state index contributed by atoms with van der Waals surface area (Å²) in [5, 5.41) is 2.92. The average molecular weight is 254 g/mol. The minimum Gasteiger partial charge on any atom is -0.466 e. The van der Waals surface area contributed by atoms with Crippen LogP contribution in [0.5, 0.6) is 0 Å². The largest absolute Gasteiger partial charge is 0.466 e. The highest BCUT2D eigenvalue weighted by atomic mass is 16.5. The van der Waals surface area contributed by atoms with E-state index in [0.29, 0.717) is 13.2 Å². The van der Waals surface area contributed by atoms with Crippen LogP contribution in [0.25, 0.3) is 0 Å². The number of nitrogens with zero attached hydrogens (tertiary/aromatic N) is 1. The number of amides is 1. The van der Waals surface area contributed by atoms with Gasteiger partial charge >= 0.3 is 5.97 Å². The maximum Gasteiger partial charge on any atom is 0.309 e. The summed E-state index contributed by atoms with van der Waals surface area (Å²) in [4.78, 5) is 25.6. The molecule has 1 N–H and O–H groups in total. The van der Waals surface area contributed by atoms with Crippen molar-refractivity contribution < 1.29 is 14.3 Å². The fourth-order valence-electron chi connectivity index (χ4n) is 2.98. The minimum absolute atomic E-state index is 0.119. The van der Waals surface area contributed by atoms with Gasteiger partial charge in [0.1, 0.15) is 0 Å². The van der Waals surface area contributed by atoms with Crippen LogP contribution < -0.4 is 5.32 Å². The lowest BCUT2D eigenvalue weighted by molar-refractivity contribution is -0.148. The highest BCUT2D eigenvalue weighted by Gasteiger charge is 2.41. The molecule has 0 aromatic rings. The Morgan fingerprint density at radius 3 is 3.11 bits per heavy atom. The lowest BCUT2D eigenvalue weighted by Crippen LogP contribution is -2.48. The Hall–Kier alpha value is -1.10. The number of nitrogens with one attached hydrogen (secondary N) is 1. The molecule has 2 aliphatic heterocycles. The molecule has 2 aliphatic rings. The van der Waals surface area contributed by atoms with E-state index < -0.39 is 0 Å². The topological polar surface area (TPSA) is 58.6 Å². The Labute approximate surface area is 108 Å². The Balaban J connectivity index is 1.92. The average Bonchev–Trinajstić information content (AvgIpc) is 2.73. The van der Waals surface area contributed by atoms with Crippen LogP contribution in [0.3, 0.4) is 0 Å². The maximum atomic E-state index is 11.6. The van der Waals surface area contributed by atoms with E-state index in [1.54, 1.807) is 0 Å². The number of hydrogen-bond acceptors (Lipinski definition) is 4. The molecule has 0 bridgehead atoms. The number of carbonyl (C=O) groups is 2. The zero-order valence-corrected chi connectivity index (χ0v) is 11.1. The van der Waals surface area contributed by atoms with Crippen LogP contribution >= 0.6 is 0 Å². The van der Waals surface area contributed by atoms with Crippen molar-refractivity contribution >= 4 is 11.9 Å². The second-order valence-electron chi connectivity index (χ2n) is 5.21. The van der Waals surface area contributed by atoms with Crippen molar-refractivity contribution in [3.05, 3.63) is 0 Å². The summed E-state index contributed by atoms with van der Waals surface area (Å²) in [6, 6.07) is 0.267. The summed E-state index contributed by atoms with van der Waals surface area (Å²) in [6.45, 7) is 6.52. The molecular weight excluding hydrogens is 232 g/mol. The molecule has 5 nitrogen and oxygen atoms in total. The van der Waals surface area contributed by atoms with Crippen LogP contribution in [-0.4, -0.2) is 49.1 Å². The molecule has 0 aromatic carbocycles. The number of carbonyl (C=O) groups excluding carboxylic acids is 2. The summed E-state index contributed by atoms with van der Waals surface area (Å²) in [7, 11) is 0. The van der Waals surface area contributed by atoms with E-state index in [9.17, 15) is 9.59 Å². The quantitative estimate of drug-likeness (QED) is 0.738. The molecule has 18 heavy (non-hydrogen) atoms. The van der Waals surface area contributed by atoms with Crippen LogP contribution in [0.4, 0.5) is 0 Å². The molecule has 0 spiro atoms. The first-order chi connectivity index (χ1) is 8.63. The van der Waals surface area contributed by atoms with Crippen LogP contribution in [0.1, 0.15) is 26.7 Å². The van der Waals surface area contributed by atoms with Gasteiger partial charge in [0.2, 0.25) is 5.91 Å². The van der Waals surface area contributed by atoms with Gasteiger partial charge in [0, 0.05) is 19.1 Å². The van der Waals surface area contributed by atoms with Gasteiger partial charge in [-0.25, -0.2) is 0 Å². The predicted octanol–water partition coefficient (Wildman–Crippen LogP) is 0.396. The van der Waals surface area contributed by atoms with E-state index in [1.165, 1.54) is 0 Å². The molecule has 0 saturated carbocycles. The monoisotopic (exact) mass is 254 g/mol. The Morgan fingerprint density at radius 2 is 2.39 bits per heavy atom. The van der Waals surface area contributed by atoms with Crippen molar-refractivity contribution in [3.8, 4) is 0 Å². The number of piperidine rings is 1. The van der Waals surface area contributed by atoms with E-state index in [-0.39, 0.29) is 29.8 Å². The lowest BCUT2D eigenvalue weighted by atomic mass is 9.91. The first kappa shape index (κ1) is 13.3. The fraction of sp³-hybridized carbons (Fsp3) is 0.846. The van der Waals surface area contributed by atoms with Crippen molar-refractivity contribution in [2.24, 2.45) is 11.8 Å². The molecule has 2 heterocycles. The van der Waals surface area contributed by atoms with Crippen LogP contribution in [0.15, 0.2) is 0 Å². The van der Waals surface area contributed by atoms with Gasteiger partial charge in [0.15, 0.2) is 0 Å². The molecule has 0 aliphatic carbocycles. The van der Waals surface area contributed by atoms with Gasteiger partial charge in [0.25, 0.3) is 0 Å². The molecule has 5 heteroatoms. The first-order valence-corrected chi connectivity index (χ1v) is 6.82. The molecule has 2 saturated heterocycles. The van der Waals surface area contributed by atoms with Crippen molar-refractivity contribution in [2.75, 3.05) is 26.2 Å². The second kappa shape index (κ2) is 5.69. The second-order valence-corrected chi connectivity index (χ2v) is 5.21. The van der Waals surface area contributed by atoms with Crippen molar-refractivity contribution in [2.45, 2.75) is 32.7 Å². The third kappa shape index (κ3) is 2.66. The standard InChI is InChI=1S/C13H22N2O3/c1-3-18-13(17)9(2)8-15-6-4-5-10-11(15)7-14-12(10)16/h9-11H,3-8H2,1-2H3,(H,14,16). The molecule has 1 amide bonds. The summed E-state index contributed by atoms with van der Waals surface area (Å²) in [6.07, 6.45) is 2.00. The van der Waals surface area contributed by atoms with E-state index in [4.69, 9.17) is 4.74 Å². The van der Waals surface area contributed by atoms with Gasteiger partial charge in [0.05, 0.1) is 18.4 Å². The minimum atomic E-state index is -0.142. The van der Waals surface area contributed by atoms with E-state index in [1.807, 2.05) is 13.8 Å². The number of fused-ring (bicyclic) bond motifs is 1. The molecule has 3 unspecified atom stereocenters. The highest BCUT2D eigenvalue weighted by molar-refractivity contribution is 5.82. The van der Waals surface area contributed by atoms with Gasteiger partial charge in [-0.1, -0.05) is 6.92 Å². The highest BCUT2D eigenvalue weighted by Crippen LogP contribution is 2.27. The molecule has 102 valence electrons. The molecular formula is C13H22N2O3. The third-order valence-electron chi connectivity index (χ3n) is 3.91. The normalized spacial score (nSPS) is 29.6. The summed E-state index contributed by atoms with van der Waals surface area (Å²) >= 11 is 0. The van der Waals surface area contributed by atoms with Crippen molar-refractivity contribution in [3.63, 3.8) is 0 Å². The van der Waals surface area contributed by atoms with Crippen LogP contribution in [0, 0.1) is 11.8 Å². The zero-order chi connectivity index (χ0) is 13.1. The molecule has 0 aromatic heterocycles.